The van der Waals surface area contributed by atoms with Gasteiger partial charge in [0, 0.05) is 24.7 Å². The van der Waals surface area contributed by atoms with Crippen molar-refractivity contribution in [3.63, 3.8) is 0 Å². The molecule has 0 aromatic rings. The van der Waals surface area contributed by atoms with Gasteiger partial charge in [0.05, 0.1) is 13.2 Å². The Morgan fingerprint density at radius 1 is 1.82 bits per heavy atom. The molecule has 1 rings (SSSR count). The molecule has 4 heteroatoms. The molecule has 0 saturated carbocycles. The summed E-state index contributed by atoms with van der Waals surface area (Å²) in [5.74, 6) is 0. The molecule has 3 nitrogen and oxygen atoms in total. The predicted molar refractivity (Wildman–Crippen MR) is 47.9 cm³/mol. The summed E-state index contributed by atoms with van der Waals surface area (Å²) in [5.41, 5.74) is 0. The summed E-state index contributed by atoms with van der Waals surface area (Å²) in [4.78, 5) is 0. The van der Waals surface area contributed by atoms with Crippen LogP contribution in [0.1, 0.15) is 6.42 Å². The Morgan fingerprint density at radius 3 is 3.27 bits per heavy atom. The SMILES string of the molecule is C=CC[C@@H]1COCCN1SN. The highest BCUT2D eigenvalue weighted by Gasteiger charge is 2.20. The standard InChI is InChI=1S/C7H14N2OS/c1-2-3-7-6-10-5-4-9(7)11-8/h2,7H,1,3-6,8H2/t7-/m1/s1. The number of ether oxygens (including phenoxy) is 1. The molecule has 0 aliphatic carbocycles. The van der Waals surface area contributed by atoms with Crippen LogP contribution in [-0.2, 0) is 4.74 Å². The summed E-state index contributed by atoms with van der Waals surface area (Å²) in [5, 5.41) is 5.48. The Bertz CT molecular complexity index is 132. The maximum atomic E-state index is 5.48. The molecule has 0 amide bonds. The van der Waals surface area contributed by atoms with E-state index in [-0.39, 0.29) is 0 Å². The van der Waals surface area contributed by atoms with E-state index in [0.29, 0.717) is 6.04 Å². The fourth-order valence-corrected chi connectivity index (χ4v) is 1.66. The summed E-state index contributed by atoms with van der Waals surface area (Å²) < 4.78 is 7.45. The summed E-state index contributed by atoms with van der Waals surface area (Å²) in [6.07, 6.45) is 2.85. The molecule has 0 aromatic carbocycles. The monoisotopic (exact) mass is 174 g/mol. The van der Waals surface area contributed by atoms with Crippen molar-refractivity contribution in [1.29, 1.82) is 0 Å². The van der Waals surface area contributed by atoms with Gasteiger partial charge < -0.3 is 4.74 Å². The van der Waals surface area contributed by atoms with E-state index in [2.05, 4.69) is 10.9 Å². The summed E-state index contributed by atoms with van der Waals surface area (Å²) >= 11 is 1.30. The average Bonchev–Trinajstić information content (AvgIpc) is 2.06. The van der Waals surface area contributed by atoms with E-state index < -0.39 is 0 Å². The van der Waals surface area contributed by atoms with Crippen LogP contribution in [0.25, 0.3) is 0 Å². The number of nitrogens with zero attached hydrogens (tertiary/aromatic N) is 1. The van der Waals surface area contributed by atoms with Crippen molar-refractivity contribution in [2.75, 3.05) is 19.8 Å². The lowest BCUT2D eigenvalue weighted by atomic mass is 10.2. The minimum absolute atomic E-state index is 0.413. The quantitative estimate of drug-likeness (QED) is 0.507. The molecule has 1 atom stereocenters. The van der Waals surface area contributed by atoms with Crippen LogP contribution in [0.4, 0.5) is 0 Å². The Morgan fingerprint density at radius 2 is 2.64 bits per heavy atom. The van der Waals surface area contributed by atoms with Gasteiger partial charge in [-0.25, -0.2) is 4.31 Å². The van der Waals surface area contributed by atoms with Gasteiger partial charge in [-0.15, -0.1) is 6.58 Å². The van der Waals surface area contributed by atoms with Crippen molar-refractivity contribution in [2.45, 2.75) is 12.5 Å². The van der Waals surface area contributed by atoms with E-state index in [4.69, 9.17) is 9.88 Å². The number of hydrogen-bond acceptors (Lipinski definition) is 4. The lowest BCUT2D eigenvalue weighted by Crippen LogP contribution is -2.41. The smallest absolute Gasteiger partial charge is 0.0635 e. The zero-order chi connectivity index (χ0) is 8.10. The van der Waals surface area contributed by atoms with Crippen molar-refractivity contribution in [3.05, 3.63) is 12.7 Å². The van der Waals surface area contributed by atoms with E-state index >= 15 is 0 Å². The van der Waals surface area contributed by atoms with Gasteiger partial charge in [0.25, 0.3) is 0 Å². The number of rotatable bonds is 3. The zero-order valence-electron chi connectivity index (χ0n) is 6.53. The largest absolute Gasteiger partial charge is 0.378 e. The van der Waals surface area contributed by atoms with Crippen molar-refractivity contribution >= 4 is 12.1 Å². The maximum Gasteiger partial charge on any atom is 0.0635 e. The van der Waals surface area contributed by atoms with Gasteiger partial charge in [0.1, 0.15) is 0 Å². The van der Waals surface area contributed by atoms with E-state index in [1.807, 2.05) is 6.08 Å². The molecule has 1 aliphatic rings. The summed E-state index contributed by atoms with van der Waals surface area (Å²) in [7, 11) is 0. The first-order valence-electron chi connectivity index (χ1n) is 3.70. The molecule has 1 saturated heterocycles. The van der Waals surface area contributed by atoms with E-state index in [0.717, 1.165) is 26.2 Å². The molecule has 1 heterocycles. The second-order valence-electron chi connectivity index (χ2n) is 2.50. The van der Waals surface area contributed by atoms with Crippen molar-refractivity contribution < 1.29 is 4.74 Å². The minimum atomic E-state index is 0.413. The van der Waals surface area contributed by atoms with Crippen LogP contribution >= 0.6 is 12.1 Å². The van der Waals surface area contributed by atoms with Crippen molar-refractivity contribution in [2.24, 2.45) is 5.14 Å². The van der Waals surface area contributed by atoms with Gasteiger partial charge in [0.15, 0.2) is 0 Å². The molecule has 11 heavy (non-hydrogen) atoms. The molecule has 2 N–H and O–H groups in total. The maximum absolute atomic E-state index is 5.48. The normalized spacial score (nSPS) is 26.8. The topological polar surface area (TPSA) is 38.5 Å². The van der Waals surface area contributed by atoms with Crippen LogP contribution in [0.3, 0.4) is 0 Å². The Balaban J connectivity index is 2.37. The van der Waals surface area contributed by atoms with E-state index in [1.165, 1.54) is 12.1 Å². The van der Waals surface area contributed by atoms with Gasteiger partial charge in [-0.2, -0.15) is 0 Å². The van der Waals surface area contributed by atoms with Crippen molar-refractivity contribution in [3.8, 4) is 0 Å². The molecular weight excluding hydrogens is 160 g/mol. The van der Waals surface area contributed by atoms with Crippen LogP contribution in [0.15, 0.2) is 12.7 Å². The highest BCUT2D eigenvalue weighted by molar-refractivity contribution is 7.94. The molecule has 0 bridgehead atoms. The number of morpholine rings is 1. The van der Waals surface area contributed by atoms with Crippen LogP contribution in [0.2, 0.25) is 0 Å². The first-order valence-corrected chi connectivity index (χ1v) is 4.54. The molecule has 64 valence electrons. The third-order valence-electron chi connectivity index (χ3n) is 1.75. The molecule has 1 fully saturated rings. The van der Waals surface area contributed by atoms with Crippen molar-refractivity contribution in [1.82, 2.24) is 4.31 Å². The van der Waals surface area contributed by atoms with E-state index in [9.17, 15) is 0 Å². The van der Waals surface area contributed by atoms with Crippen LogP contribution < -0.4 is 5.14 Å². The number of hydrogen-bond donors (Lipinski definition) is 1. The Hall–Kier alpha value is -0.0300. The summed E-state index contributed by atoms with van der Waals surface area (Å²) in [6.45, 7) is 6.17. The molecule has 0 aromatic heterocycles. The van der Waals surface area contributed by atoms with Gasteiger partial charge in [-0.1, -0.05) is 6.08 Å². The van der Waals surface area contributed by atoms with Gasteiger partial charge in [-0.05, 0) is 6.42 Å². The Kier molecular flexibility index (Phi) is 3.93. The highest BCUT2D eigenvalue weighted by Crippen LogP contribution is 2.15. The third kappa shape index (κ3) is 2.48. The molecule has 0 spiro atoms. The minimum Gasteiger partial charge on any atom is -0.378 e. The molecule has 0 unspecified atom stereocenters. The van der Waals surface area contributed by atoms with Gasteiger partial charge in [-0.3, -0.25) is 5.14 Å². The predicted octanol–water partition coefficient (Wildman–Crippen LogP) is 0.785. The van der Waals surface area contributed by atoms with Gasteiger partial charge in [0.2, 0.25) is 0 Å². The lowest BCUT2D eigenvalue weighted by Gasteiger charge is -2.32. The van der Waals surface area contributed by atoms with Gasteiger partial charge >= 0.3 is 0 Å². The van der Waals surface area contributed by atoms with Crippen LogP contribution in [0.5, 0.6) is 0 Å². The fourth-order valence-electron chi connectivity index (χ4n) is 1.16. The average molecular weight is 174 g/mol. The highest BCUT2D eigenvalue weighted by atomic mass is 32.2. The third-order valence-corrected chi connectivity index (χ3v) is 2.50. The fraction of sp³-hybridized carbons (Fsp3) is 0.714. The van der Waals surface area contributed by atoms with Crippen LogP contribution in [0, 0.1) is 0 Å². The lowest BCUT2D eigenvalue weighted by molar-refractivity contribution is 0.0386. The van der Waals surface area contributed by atoms with Crippen LogP contribution in [-0.4, -0.2) is 30.1 Å². The first kappa shape index (κ1) is 9.06. The Labute approximate surface area is 71.8 Å². The second-order valence-corrected chi connectivity index (χ2v) is 3.18. The molecule has 1 aliphatic heterocycles. The zero-order valence-corrected chi connectivity index (χ0v) is 7.35. The first-order chi connectivity index (χ1) is 5.38. The molecular formula is C7H14N2OS. The summed E-state index contributed by atoms with van der Waals surface area (Å²) in [6, 6.07) is 0.413. The van der Waals surface area contributed by atoms with E-state index in [1.54, 1.807) is 0 Å². The second kappa shape index (κ2) is 4.77. The number of nitrogens with two attached hydrogens (primary N) is 1. The molecule has 0 radical (unpaired) electrons.